The first-order valence-electron chi connectivity index (χ1n) is 13.6. The number of fused-ring (bicyclic) bond motifs is 3. The van der Waals surface area contributed by atoms with Crippen molar-refractivity contribution in [1.82, 2.24) is 0 Å². The maximum atomic E-state index is 4.42. The highest BCUT2D eigenvalue weighted by atomic mass is 14.5. The molecule has 0 radical (unpaired) electrons. The monoisotopic (exact) mass is 486 g/mol. The Balaban J connectivity index is 1.54. The molecule has 0 N–H and O–H groups in total. The van der Waals surface area contributed by atoms with Crippen molar-refractivity contribution in [3.63, 3.8) is 0 Å². The fraction of sp³-hybridized carbons (Fsp3) is 0.105. The smallest absolute Gasteiger partial charge is 0.0713 e. The van der Waals surface area contributed by atoms with Crippen LogP contribution in [0.1, 0.15) is 46.2 Å². The molecular formula is C38H30. The van der Waals surface area contributed by atoms with Gasteiger partial charge in [-0.15, -0.1) is 0 Å². The molecule has 7 rings (SSSR count). The molecule has 0 spiro atoms. The first kappa shape index (κ1) is 22.8. The number of hydrogen-bond donors (Lipinski definition) is 0. The quantitative estimate of drug-likeness (QED) is 0.270. The van der Waals surface area contributed by atoms with E-state index in [0.29, 0.717) is 0 Å². The minimum atomic E-state index is -0.417. The fourth-order valence-electron chi connectivity index (χ4n) is 6.94. The zero-order chi connectivity index (χ0) is 25.5. The Morgan fingerprint density at radius 1 is 0.684 bits per heavy atom. The minimum absolute atomic E-state index is 0.417. The van der Waals surface area contributed by atoms with Crippen molar-refractivity contribution in [3.8, 4) is 0 Å². The van der Waals surface area contributed by atoms with Gasteiger partial charge >= 0.3 is 0 Å². The predicted molar refractivity (Wildman–Crippen MR) is 160 cm³/mol. The molecule has 4 aromatic carbocycles. The van der Waals surface area contributed by atoms with E-state index in [1.165, 1.54) is 61.2 Å². The van der Waals surface area contributed by atoms with E-state index in [-0.39, 0.29) is 0 Å². The van der Waals surface area contributed by atoms with Gasteiger partial charge in [0.2, 0.25) is 0 Å². The number of hydrogen-bond acceptors (Lipinski definition) is 0. The first-order chi connectivity index (χ1) is 18.8. The van der Waals surface area contributed by atoms with Gasteiger partial charge in [0.25, 0.3) is 0 Å². The van der Waals surface area contributed by atoms with E-state index in [9.17, 15) is 0 Å². The van der Waals surface area contributed by atoms with E-state index in [2.05, 4.69) is 140 Å². The van der Waals surface area contributed by atoms with Crippen LogP contribution in [0.15, 0.2) is 157 Å². The largest absolute Gasteiger partial charge is 0.0987 e. The zero-order valence-electron chi connectivity index (χ0n) is 21.5. The Bertz CT molecular complexity index is 1630. The molecule has 3 aliphatic rings. The van der Waals surface area contributed by atoms with Gasteiger partial charge in [-0.3, -0.25) is 0 Å². The summed E-state index contributed by atoms with van der Waals surface area (Å²) >= 11 is 0. The summed E-state index contributed by atoms with van der Waals surface area (Å²) in [6.45, 7) is 4.42. The Hall–Kier alpha value is -4.42. The van der Waals surface area contributed by atoms with Crippen molar-refractivity contribution < 1.29 is 0 Å². The van der Waals surface area contributed by atoms with Crippen molar-refractivity contribution in [2.24, 2.45) is 0 Å². The van der Waals surface area contributed by atoms with Gasteiger partial charge in [0, 0.05) is 0 Å². The van der Waals surface area contributed by atoms with E-state index < -0.39 is 5.41 Å². The van der Waals surface area contributed by atoms with Crippen LogP contribution in [-0.2, 0) is 11.8 Å². The van der Waals surface area contributed by atoms with Gasteiger partial charge in [-0.2, -0.15) is 0 Å². The summed E-state index contributed by atoms with van der Waals surface area (Å²) in [5.74, 6) is 0. The Morgan fingerprint density at radius 3 is 2.03 bits per heavy atom. The minimum Gasteiger partial charge on any atom is -0.0987 e. The van der Waals surface area contributed by atoms with E-state index in [1.54, 1.807) is 0 Å². The second-order valence-corrected chi connectivity index (χ2v) is 10.4. The molecule has 0 amide bonds. The lowest BCUT2D eigenvalue weighted by Crippen LogP contribution is -2.29. The Labute approximate surface area is 225 Å². The lowest BCUT2D eigenvalue weighted by Gasteiger charge is -2.34. The van der Waals surface area contributed by atoms with Crippen LogP contribution in [0.25, 0.3) is 11.1 Å². The van der Waals surface area contributed by atoms with E-state index >= 15 is 0 Å². The van der Waals surface area contributed by atoms with Crippen LogP contribution in [0, 0.1) is 0 Å². The summed E-state index contributed by atoms with van der Waals surface area (Å²) in [6.07, 6.45) is 12.4. The van der Waals surface area contributed by atoms with Crippen LogP contribution < -0.4 is 0 Å². The third kappa shape index (κ3) is 3.30. The van der Waals surface area contributed by atoms with Crippen molar-refractivity contribution in [3.05, 3.63) is 190 Å². The van der Waals surface area contributed by atoms with Gasteiger partial charge in [0.05, 0.1) is 5.41 Å². The van der Waals surface area contributed by atoms with Crippen LogP contribution in [0.3, 0.4) is 0 Å². The van der Waals surface area contributed by atoms with Gasteiger partial charge in [-0.25, -0.2) is 0 Å². The standard InChI is InChI=1S/C38H30/c1-2-36-35(26-28-25-27-15-9-10-20-31(27)33-22-12-11-21-32(28)33)34-23-13-14-24-37(34)38(36,29-16-5-3-6-17-29)30-18-7-4-8-19-30/h2-11,13-21,23-24,26H,1,12,22,25H2/b28-26+. The fourth-order valence-corrected chi connectivity index (χ4v) is 6.94. The van der Waals surface area contributed by atoms with Crippen molar-refractivity contribution in [2.45, 2.75) is 24.7 Å². The molecule has 0 fully saturated rings. The molecule has 0 bridgehead atoms. The third-order valence-corrected chi connectivity index (χ3v) is 8.49. The zero-order valence-corrected chi connectivity index (χ0v) is 21.5. The summed E-state index contributed by atoms with van der Waals surface area (Å²) in [6, 6.07) is 39.8. The molecule has 4 aromatic rings. The summed E-state index contributed by atoms with van der Waals surface area (Å²) in [5, 5.41) is 0. The van der Waals surface area contributed by atoms with Gasteiger partial charge in [-0.1, -0.05) is 134 Å². The molecule has 3 aliphatic carbocycles. The van der Waals surface area contributed by atoms with Crippen LogP contribution in [0.4, 0.5) is 0 Å². The van der Waals surface area contributed by atoms with Crippen molar-refractivity contribution >= 4 is 11.1 Å². The molecule has 0 aromatic heterocycles. The summed E-state index contributed by atoms with van der Waals surface area (Å²) in [5.41, 5.74) is 14.4. The molecular weight excluding hydrogens is 456 g/mol. The molecule has 0 heteroatoms. The van der Waals surface area contributed by atoms with Crippen LogP contribution in [-0.4, -0.2) is 0 Å². The van der Waals surface area contributed by atoms with Crippen LogP contribution in [0.2, 0.25) is 0 Å². The Morgan fingerprint density at radius 2 is 1.32 bits per heavy atom. The maximum Gasteiger partial charge on any atom is 0.0713 e. The third-order valence-electron chi connectivity index (χ3n) is 8.49. The molecule has 0 heterocycles. The van der Waals surface area contributed by atoms with E-state index in [1.807, 2.05) is 0 Å². The molecule has 0 saturated heterocycles. The highest BCUT2D eigenvalue weighted by molar-refractivity contribution is 5.93. The summed E-state index contributed by atoms with van der Waals surface area (Å²) in [7, 11) is 0. The lowest BCUT2D eigenvalue weighted by molar-refractivity contribution is 0.762. The molecule has 0 nitrogen and oxygen atoms in total. The topological polar surface area (TPSA) is 0 Å². The number of rotatable bonds is 4. The van der Waals surface area contributed by atoms with Gasteiger partial charge in [0.1, 0.15) is 0 Å². The van der Waals surface area contributed by atoms with Crippen LogP contribution >= 0.6 is 0 Å². The SMILES string of the molecule is C=CC1=C(/C=C2\Cc3ccccc3C3=C2C=CCC3)c2ccccc2C1(c1ccccc1)c1ccccc1. The van der Waals surface area contributed by atoms with Gasteiger partial charge < -0.3 is 0 Å². The maximum absolute atomic E-state index is 4.42. The highest BCUT2D eigenvalue weighted by Crippen LogP contribution is 2.55. The van der Waals surface area contributed by atoms with Gasteiger partial charge in [-0.05, 0) is 86.6 Å². The van der Waals surface area contributed by atoms with Gasteiger partial charge in [0.15, 0.2) is 0 Å². The van der Waals surface area contributed by atoms with E-state index in [0.717, 1.165) is 19.3 Å². The molecule has 182 valence electrons. The summed E-state index contributed by atoms with van der Waals surface area (Å²) in [4.78, 5) is 0. The lowest BCUT2D eigenvalue weighted by atomic mass is 9.67. The Kier molecular flexibility index (Phi) is 5.48. The average Bonchev–Trinajstić information content (AvgIpc) is 3.28. The molecule has 0 saturated carbocycles. The summed E-state index contributed by atoms with van der Waals surface area (Å²) < 4.78 is 0. The second kappa shape index (κ2) is 9.15. The number of allylic oxidation sites excluding steroid dienone is 9. The molecule has 0 unspecified atom stereocenters. The van der Waals surface area contributed by atoms with Crippen LogP contribution in [0.5, 0.6) is 0 Å². The number of benzene rings is 4. The first-order valence-corrected chi connectivity index (χ1v) is 13.6. The molecule has 38 heavy (non-hydrogen) atoms. The second-order valence-electron chi connectivity index (χ2n) is 10.4. The molecule has 0 atom stereocenters. The molecule has 0 aliphatic heterocycles. The van der Waals surface area contributed by atoms with Crippen molar-refractivity contribution in [2.75, 3.05) is 0 Å². The average molecular weight is 487 g/mol. The van der Waals surface area contributed by atoms with Crippen molar-refractivity contribution in [1.29, 1.82) is 0 Å². The highest BCUT2D eigenvalue weighted by Gasteiger charge is 2.46. The normalized spacial score (nSPS) is 18.3. The predicted octanol–water partition coefficient (Wildman–Crippen LogP) is 9.26. The van der Waals surface area contributed by atoms with E-state index in [4.69, 9.17) is 0 Å².